The van der Waals surface area contributed by atoms with Crippen molar-refractivity contribution in [3.63, 3.8) is 0 Å². The first-order valence-corrected chi connectivity index (χ1v) is 11.2. The quantitative estimate of drug-likeness (QED) is 0.660. The highest BCUT2D eigenvalue weighted by molar-refractivity contribution is 7.89. The van der Waals surface area contributed by atoms with E-state index in [4.69, 9.17) is 4.42 Å². The number of amides is 1. The molecule has 2 aliphatic heterocycles. The Balaban J connectivity index is 1.27. The number of rotatable bonds is 3. The minimum atomic E-state index is -3.60. The van der Waals surface area contributed by atoms with Crippen molar-refractivity contribution in [3.05, 3.63) is 66.4 Å². The average molecular weight is 427 g/mol. The summed E-state index contributed by atoms with van der Waals surface area (Å²) in [5.41, 5.74) is -0.205. The van der Waals surface area contributed by atoms with Crippen molar-refractivity contribution in [1.29, 1.82) is 0 Å². The maximum Gasteiger partial charge on any atom is 0.289 e. The number of para-hydroxylation sites is 1. The lowest BCUT2D eigenvalue weighted by molar-refractivity contribution is 0.0642. The van der Waals surface area contributed by atoms with Crippen LogP contribution in [-0.4, -0.2) is 47.8 Å². The molecule has 30 heavy (non-hydrogen) atoms. The van der Waals surface area contributed by atoms with E-state index in [2.05, 4.69) is 15.1 Å². The third-order valence-corrected chi connectivity index (χ3v) is 7.13. The van der Waals surface area contributed by atoms with Gasteiger partial charge in [-0.1, -0.05) is 12.1 Å². The van der Waals surface area contributed by atoms with E-state index in [9.17, 15) is 13.2 Å². The van der Waals surface area contributed by atoms with Crippen molar-refractivity contribution in [1.82, 2.24) is 19.4 Å². The molecule has 2 N–H and O–H groups in total. The summed E-state index contributed by atoms with van der Waals surface area (Å²) < 4.78 is 35.5. The van der Waals surface area contributed by atoms with Crippen LogP contribution in [0.1, 0.15) is 29.2 Å². The molecule has 0 atom stereocenters. The fourth-order valence-electron chi connectivity index (χ4n) is 4.01. The molecule has 0 unspecified atom stereocenters. The number of likely N-dealkylation sites (tertiary alicyclic amines) is 1. The van der Waals surface area contributed by atoms with E-state index in [1.54, 1.807) is 52.2 Å². The van der Waals surface area contributed by atoms with E-state index in [0.717, 1.165) is 0 Å². The van der Waals surface area contributed by atoms with Crippen molar-refractivity contribution < 1.29 is 17.6 Å². The normalized spacial score (nSPS) is 19.3. The first-order valence-electron chi connectivity index (χ1n) is 9.71. The molecule has 2 aliphatic rings. The number of anilines is 1. The van der Waals surface area contributed by atoms with Crippen LogP contribution >= 0.6 is 0 Å². The van der Waals surface area contributed by atoms with Crippen molar-refractivity contribution in [3.8, 4) is 0 Å². The van der Waals surface area contributed by atoms with Crippen LogP contribution in [0.2, 0.25) is 0 Å². The number of carbonyl (C=O) groups is 1. The summed E-state index contributed by atoms with van der Waals surface area (Å²) in [7, 11) is -3.60. The number of hydrogen-bond donors (Lipinski definition) is 2. The van der Waals surface area contributed by atoms with Gasteiger partial charge < -0.3 is 14.6 Å². The van der Waals surface area contributed by atoms with Crippen LogP contribution in [0.25, 0.3) is 0 Å². The van der Waals surface area contributed by atoms with Crippen LogP contribution < -0.4 is 10.0 Å². The number of benzene rings is 1. The molecular weight excluding hydrogens is 406 g/mol. The summed E-state index contributed by atoms with van der Waals surface area (Å²) in [5, 5.41) is 7.46. The molecule has 1 saturated heterocycles. The second kappa shape index (κ2) is 6.99. The van der Waals surface area contributed by atoms with E-state index >= 15 is 0 Å². The van der Waals surface area contributed by atoms with Crippen LogP contribution in [0, 0.1) is 0 Å². The molecule has 1 amide bonds. The lowest BCUT2D eigenvalue weighted by atomic mass is 9.97. The Morgan fingerprint density at radius 2 is 1.93 bits per heavy atom. The summed E-state index contributed by atoms with van der Waals surface area (Å²) in [6, 6.07) is 12.1. The number of hydrogen-bond acceptors (Lipinski definition) is 6. The molecule has 156 valence electrons. The van der Waals surface area contributed by atoms with Gasteiger partial charge in [0.25, 0.3) is 5.91 Å². The van der Waals surface area contributed by atoms with Crippen molar-refractivity contribution in [2.45, 2.75) is 29.9 Å². The number of nitrogens with zero attached hydrogens (tertiary/aromatic N) is 3. The highest BCUT2D eigenvalue weighted by Gasteiger charge is 2.44. The van der Waals surface area contributed by atoms with Crippen molar-refractivity contribution in [2.24, 2.45) is 0 Å². The van der Waals surface area contributed by atoms with Crippen LogP contribution in [0.5, 0.6) is 0 Å². The Morgan fingerprint density at radius 1 is 1.13 bits per heavy atom. The Morgan fingerprint density at radius 3 is 2.70 bits per heavy atom. The lowest BCUT2D eigenvalue weighted by Crippen LogP contribution is -2.62. The van der Waals surface area contributed by atoms with Gasteiger partial charge >= 0.3 is 0 Å². The number of piperidine rings is 1. The average Bonchev–Trinajstić information content (AvgIpc) is 3.40. The SMILES string of the molecule is O=C(c1ccc(Cn2cccn2)o1)N1CCC2(CC1)Nc1ccccc1S(=O)(=O)N2. The maximum atomic E-state index is 12.9. The van der Waals surface area contributed by atoms with Crippen LogP contribution in [0.4, 0.5) is 5.69 Å². The lowest BCUT2D eigenvalue weighted by Gasteiger charge is -2.45. The highest BCUT2D eigenvalue weighted by Crippen LogP contribution is 2.35. The van der Waals surface area contributed by atoms with Crippen molar-refractivity contribution >= 4 is 21.6 Å². The smallest absolute Gasteiger partial charge is 0.289 e. The predicted octanol–water partition coefficient (Wildman–Crippen LogP) is 1.86. The van der Waals surface area contributed by atoms with Gasteiger partial charge in [0, 0.05) is 38.3 Å². The van der Waals surface area contributed by atoms with Gasteiger partial charge in [-0.15, -0.1) is 0 Å². The van der Waals surface area contributed by atoms with Gasteiger partial charge in [0.05, 0.1) is 12.2 Å². The number of aromatic nitrogens is 2. The summed E-state index contributed by atoms with van der Waals surface area (Å²) in [4.78, 5) is 14.8. The Bertz CT molecular complexity index is 1180. The number of carbonyl (C=O) groups excluding carboxylic acids is 1. The zero-order valence-corrected chi connectivity index (χ0v) is 16.9. The van der Waals surface area contributed by atoms with E-state index in [1.807, 2.05) is 12.3 Å². The first-order chi connectivity index (χ1) is 14.4. The van der Waals surface area contributed by atoms with E-state index < -0.39 is 15.7 Å². The van der Waals surface area contributed by atoms with Gasteiger partial charge in [-0.2, -0.15) is 9.82 Å². The number of fused-ring (bicyclic) bond motifs is 1. The molecule has 9 nitrogen and oxygen atoms in total. The monoisotopic (exact) mass is 427 g/mol. The first kappa shape index (κ1) is 18.9. The van der Waals surface area contributed by atoms with Gasteiger partial charge in [0.2, 0.25) is 10.0 Å². The number of sulfonamides is 1. The molecule has 1 fully saturated rings. The van der Waals surface area contributed by atoms with Gasteiger partial charge in [-0.3, -0.25) is 9.48 Å². The summed E-state index contributed by atoms with van der Waals surface area (Å²) in [6.45, 7) is 1.27. The zero-order chi connectivity index (χ0) is 20.8. The number of nitrogens with one attached hydrogen (secondary N) is 2. The molecule has 0 saturated carbocycles. The largest absolute Gasteiger partial charge is 0.454 e. The second-order valence-corrected chi connectivity index (χ2v) is 9.22. The summed E-state index contributed by atoms with van der Waals surface area (Å²) in [5.74, 6) is 0.722. The second-order valence-electron chi connectivity index (χ2n) is 7.57. The molecule has 1 aromatic carbocycles. The molecular formula is C20H21N5O4S. The molecule has 3 aromatic rings. The molecule has 0 bridgehead atoms. The topological polar surface area (TPSA) is 109 Å². The molecule has 0 aliphatic carbocycles. The minimum absolute atomic E-state index is 0.198. The van der Waals surface area contributed by atoms with Crippen LogP contribution in [0.3, 0.4) is 0 Å². The van der Waals surface area contributed by atoms with E-state index in [1.165, 1.54) is 0 Å². The molecule has 0 radical (unpaired) electrons. The third-order valence-electron chi connectivity index (χ3n) is 5.53. The van der Waals surface area contributed by atoms with E-state index in [0.29, 0.717) is 43.9 Å². The minimum Gasteiger partial charge on any atom is -0.454 e. The molecule has 2 aromatic heterocycles. The molecule has 4 heterocycles. The summed E-state index contributed by atoms with van der Waals surface area (Å²) >= 11 is 0. The molecule has 10 heteroatoms. The molecule has 1 spiro atoms. The number of furan rings is 1. The van der Waals surface area contributed by atoms with Gasteiger partial charge in [0.1, 0.15) is 16.3 Å². The summed E-state index contributed by atoms with van der Waals surface area (Å²) in [6.07, 6.45) is 4.41. The van der Waals surface area contributed by atoms with Crippen LogP contribution in [0.15, 0.2) is 64.2 Å². The van der Waals surface area contributed by atoms with Gasteiger partial charge in [-0.05, 0) is 30.3 Å². The van der Waals surface area contributed by atoms with Gasteiger partial charge in [0.15, 0.2) is 5.76 Å². The Labute approximate surface area is 173 Å². The standard InChI is InChI=1S/C20H21N5O4S/c26-19(17-7-6-15(29-17)14-25-11-3-10-21-25)24-12-8-20(9-13-24)22-16-4-1-2-5-18(16)30(27,28)23-20/h1-7,10-11,22-23H,8-9,12-14H2. The van der Waals surface area contributed by atoms with E-state index in [-0.39, 0.29) is 16.6 Å². The predicted molar refractivity (Wildman–Crippen MR) is 108 cm³/mol. The maximum absolute atomic E-state index is 12.9. The van der Waals surface area contributed by atoms with Gasteiger partial charge in [-0.25, -0.2) is 8.42 Å². The van der Waals surface area contributed by atoms with Crippen LogP contribution in [-0.2, 0) is 16.6 Å². The fraction of sp³-hybridized carbons (Fsp3) is 0.300. The third kappa shape index (κ3) is 3.37. The Hall–Kier alpha value is -3.11. The Kier molecular flexibility index (Phi) is 4.40. The molecule has 5 rings (SSSR count). The zero-order valence-electron chi connectivity index (χ0n) is 16.1. The fourth-order valence-corrected chi connectivity index (χ4v) is 5.55. The van der Waals surface area contributed by atoms with Crippen molar-refractivity contribution in [2.75, 3.05) is 18.4 Å². The highest BCUT2D eigenvalue weighted by atomic mass is 32.2.